The van der Waals surface area contributed by atoms with Crippen LogP contribution in [-0.4, -0.2) is 51.9 Å². The van der Waals surface area contributed by atoms with Crippen LogP contribution in [0.15, 0.2) is 24.3 Å². The van der Waals surface area contributed by atoms with Crippen molar-refractivity contribution in [1.82, 2.24) is 10.2 Å². The van der Waals surface area contributed by atoms with Crippen LogP contribution in [-0.2, 0) is 11.3 Å². The van der Waals surface area contributed by atoms with Gasteiger partial charge in [-0.2, -0.15) is 0 Å². The van der Waals surface area contributed by atoms with Crippen LogP contribution >= 0.6 is 0 Å². The predicted molar refractivity (Wildman–Crippen MR) is 83.3 cm³/mol. The lowest BCUT2D eigenvalue weighted by molar-refractivity contribution is 0.119. The first-order chi connectivity index (χ1) is 9.72. The maximum Gasteiger partial charge on any atom is 0.119 e. The molecule has 0 bridgehead atoms. The van der Waals surface area contributed by atoms with Gasteiger partial charge in [0.15, 0.2) is 0 Å². The third-order valence-electron chi connectivity index (χ3n) is 2.83. The Bertz CT molecular complexity index is 339. The SMILES string of the molecule is CCCOc1ccc(CNCCOCCN(C)C)cc1. The van der Waals surface area contributed by atoms with E-state index in [1.807, 2.05) is 12.1 Å². The standard InChI is InChI=1S/C16H28N2O2/c1-4-11-20-16-7-5-15(6-8-16)14-17-9-12-19-13-10-18(2)3/h5-8,17H,4,9-14H2,1-3H3. The summed E-state index contributed by atoms with van der Waals surface area (Å²) in [4.78, 5) is 2.12. The summed E-state index contributed by atoms with van der Waals surface area (Å²) >= 11 is 0. The second kappa shape index (κ2) is 10.7. The number of ether oxygens (including phenoxy) is 2. The van der Waals surface area contributed by atoms with Crippen LogP contribution in [0.1, 0.15) is 18.9 Å². The summed E-state index contributed by atoms with van der Waals surface area (Å²) < 4.78 is 11.1. The molecule has 0 heterocycles. The van der Waals surface area contributed by atoms with Crippen molar-refractivity contribution < 1.29 is 9.47 Å². The highest BCUT2D eigenvalue weighted by atomic mass is 16.5. The van der Waals surface area contributed by atoms with Crippen LogP contribution in [0.4, 0.5) is 0 Å². The normalized spacial score (nSPS) is 11.0. The van der Waals surface area contributed by atoms with Crippen molar-refractivity contribution in [1.29, 1.82) is 0 Å². The van der Waals surface area contributed by atoms with Crippen molar-refractivity contribution in [2.24, 2.45) is 0 Å². The lowest BCUT2D eigenvalue weighted by Crippen LogP contribution is -2.23. The maximum absolute atomic E-state index is 5.55. The van der Waals surface area contributed by atoms with Gasteiger partial charge in [0.1, 0.15) is 5.75 Å². The van der Waals surface area contributed by atoms with Gasteiger partial charge in [0.05, 0.1) is 19.8 Å². The van der Waals surface area contributed by atoms with E-state index in [0.717, 1.165) is 51.6 Å². The highest BCUT2D eigenvalue weighted by Crippen LogP contribution is 2.12. The van der Waals surface area contributed by atoms with Crippen LogP contribution in [0.5, 0.6) is 5.75 Å². The lowest BCUT2D eigenvalue weighted by atomic mass is 10.2. The Morgan fingerprint density at radius 3 is 2.45 bits per heavy atom. The number of hydrogen-bond acceptors (Lipinski definition) is 4. The quantitative estimate of drug-likeness (QED) is 0.630. The molecule has 0 aromatic heterocycles. The Labute approximate surface area is 123 Å². The van der Waals surface area contributed by atoms with Gasteiger partial charge in [-0.15, -0.1) is 0 Å². The molecule has 0 saturated heterocycles. The summed E-state index contributed by atoms with van der Waals surface area (Å²) in [7, 11) is 4.10. The Hall–Kier alpha value is -1.10. The zero-order valence-electron chi connectivity index (χ0n) is 13.0. The van der Waals surface area contributed by atoms with E-state index < -0.39 is 0 Å². The summed E-state index contributed by atoms with van der Waals surface area (Å²) in [6, 6.07) is 8.26. The number of hydrogen-bond donors (Lipinski definition) is 1. The molecule has 0 amide bonds. The molecule has 4 heteroatoms. The van der Waals surface area contributed by atoms with Gasteiger partial charge in [0.2, 0.25) is 0 Å². The molecule has 114 valence electrons. The van der Waals surface area contributed by atoms with Gasteiger partial charge in [0.25, 0.3) is 0 Å². The number of nitrogens with zero attached hydrogens (tertiary/aromatic N) is 1. The van der Waals surface area contributed by atoms with Gasteiger partial charge in [-0.3, -0.25) is 0 Å². The van der Waals surface area contributed by atoms with Gasteiger partial charge < -0.3 is 19.7 Å². The fraction of sp³-hybridized carbons (Fsp3) is 0.625. The molecular weight excluding hydrogens is 252 g/mol. The fourth-order valence-electron chi connectivity index (χ4n) is 1.65. The number of rotatable bonds is 11. The zero-order valence-corrected chi connectivity index (χ0v) is 13.0. The molecule has 1 aromatic carbocycles. The summed E-state index contributed by atoms with van der Waals surface area (Å²) in [5.74, 6) is 0.947. The highest BCUT2D eigenvalue weighted by molar-refractivity contribution is 5.27. The topological polar surface area (TPSA) is 33.7 Å². The fourth-order valence-corrected chi connectivity index (χ4v) is 1.65. The summed E-state index contributed by atoms with van der Waals surface area (Å²) in [6.45, 7) is 7.15. The number of likely N-dealkylation sites (N-methyl/N-ethyl adjacent to an activating group) is 1. The van der Waals surface area contributed by atoms with Crippen LogP contribution in [0.3, 0.4) is 0 Å². The molecule has 0 aliphatic carbocycles. The molecule has 0 saturated carbocycles. The first-order valence-corrected chi connectivity index (χ1v) is 7.37. The lowest BCUT2D eigenvalue weighted by Gasteiger charge is -2.10. The first-order valence-electron chi connectivity index (χ1n) is 7.37. The number of nitrogens with one attached hydrogen (secondary N) is 1. The van der Waals surface area contributed by atoms with E-state index in [-0.39, 0.29) is 0 Å². The van der Waals surface area contributed by atoms with Crippen molar-refractivity contribution in [2.75, 3.05) is 47.0 Å². The molecular formula is C16H28N2O2. The van der Waals surface area contributed by atoms with E-state index in [4.69, 9.17) is 9.47 Å². The van der Waals surface area contributed by atoms with Crippen molar-refractivity contribution in [3.63, 3.8) is 0 Å². The van der Waals surface area contributed by atoms with Gasteiger partial charge in [-0.1, -0.05) is 19.1 Å². The van der Waals surface area contributed by atoms with Crippen molar-refractivity contribution >= 4 is 0 Å². The van der Waals surface area contributed by atoms with Crippen molar-refractivity contribution in [3.8, 4) is 5.75 Å². The van der Waals surface area contributed by atoms with Crippen LogP contribution in [0.2, 0.25) is 0 Å². The van der Waals surface area contributed by atoms with Crippen LogP contribution in [0, 0.1) is 0 Å². The summed E-state index contributed by atoms with van der Waals surface area (Å²) in [6.07, 6.45) is 1.04. The molecule has 0 aliphatic rings. The molecule has 1 rings (SSSR count). The summed E-state index contributed by atoms with van der Waals surface area (Å²) in [5.41, 5.74) is 1.27. The van der Waals surface area contributed by atoms with E-state index in [1.54, 1.807) is 0 Å². The number of benzene rings is 1. The second-order valence-electron chi connectivity index (χ2n) is 5.08. The highest BCUT2D eigenvalue weighted by Gasteiger charge is 1.96. The molecule has 0 fully saturated rings. The van der Waals surface area contributed by atoms with E-state index in [2.05, 4.69) is 43.4 Å². The van der Waals surface area contributed by atoms with Gasteiger partial charge in [-0.05, 0) is 38.2 Å². The smallest absolute Gasteiger partial charge is 0.119 e. The maximum atomic E-state index is 5.55. The average molecular weight is 280 g/mol. The van der Waals surface area contributed by atoms with E-state index in [9.17, 15) is 0 Å². The van der Waals surface area contributed by atoms with E-state index in [0.29, 0.717) is 0 Å². The Balaban J connectivity index is 2.07. The average Bonchev–Trinajstić information content (AvgIpc) is 2.45. The first kappa shape index (κ1) is 17.0. The second-order valence-corrected chi connectivity index (χ2v) is 5.08. The van der Waals surface area contributed by atoms with E-state index in [1.165, 1.54) is 5.56 Å². The minimum atomic E-state index is 0.755. The largest absolute Gasteiger partial charge is 0.494 e. The van der Waals surface area contributed by atoms with Gasteiger partial charge >= 0.3 is 0 Å². The van der Waals surface area contributed by atoms with Crippen molar-refractivity contribution in [2.45, 2.75) is 19.9 Å². The van der Waals surface area contributed by atoms with Gasteiger partial charge in [0, 0.05) is 19.6 Å². The van der Waals surface area contributed by atoms with Gasteiger partial charge in [-0.25, -0.2) is 0 Å². The van der Waals surface area contributed by atoms with Crippen LogP contribution < -0.4 is 10.1 Å². The van der Waals surface area contributed by atoms with E-state index >= 15 is 0 Å². The monoisotopic (exact) mass is 280 g/mol. The molecule has 4 nitrogen and oxygen atoms in total. The van der Waals surface area contributed by atoms with Crippen molar-refractivity contribution in [3.05, 3.63) is 29.8 Å². The molecule has 0 radical (unpaired) electrons. The van der Waals surface area contributed by atoms with Crippen LogP contribution in [0.25, 0.3) is 0 Å². The third kappa shape index (κ3) is 8.15. The molecule has 0 atom stereocenters. The Morgan fingerprint density at radius 1 is 1.05 bits per heavy atom. The minimum Gasteiger partial charge on any atom is -0.494 e. The molecule has 0 aliphatic heterocycles. The Kier molecular flexibility index (Phi) is 9.04. The molecule has 0 unspecified atom stereocenters. The minimum absolute atomic E-state index is 0.755. The molecule has 1 aromatic rings. The summed E-state index contributed by atoms with van der Waals surface area (Å²) in [5, 5.41) is 3.37. The third-order valence-corrected chi connectivity index (χ3v) is 2.83. The molecule has 0 spiro atoms. The molecule has 1 N–H and O–H groups in total. The predicted octanol–water partition coefficient (Wildman–Crippen LogP) is 2.14. The zero-order chi connectivity index (χ0) is 14.6. The molecule has 20 heavy (non-hydrogen) atoms. The Morgan fingerprint density at radius 2 is 1.80 bits per heavy atom.